The molecule has 5 rings (SSSR count). The molecule has 0 spiro atoms. The predicted molar refractivity (Wildman–Crippen MR) is 155 cm³/mol. The quantitative estimate of drug-likeness (QED) is 0.192. The van der Waals surface area contributed by atoms with E-state index in [2.05, 4.69) is 28.8 Å². The number of nitrogens with zero attached hydrogens (tertiary/aromatic N) is 1. The van der Waals surface area contributed by atoms with Gasteiger partial charge in [0.05, 0.1) is 29.4 Å². The summed E-state index contributed by atoms with van der Waals surface area (Å²) in [4.78, 5) is 11.9. The minimum absolute atomic E-state index is 0.0849. The van der Waals surface area contributed by atoms with Gasteiger partial charge in [0, 0.05) is 21.6 Å². The van der Waals surface area contributed by atoms with E-state index >= 15 is 0 Å². The van der Waals surface area contributed by atoms with E-state index in [0.717, 1.165) is 33.3 Å². The van der Waals surface area contributed by atoms with Crippen LogP contribution < -0.4 is 0 Å². The second kappa shape index (κ2) is 11.1. The molecule has 0 amide bonds. The number of carbonyl (C=O) groups excluding carboxylic acids is 1. The van der Waals surface area contributed by atoms with Crippen LogP contribution in [0, 0.1) is 6.92 Å². The summed E-state index contributed by atoms with van der Waals surface area (Å²) in [6.07, 6.45) is 0.313. The lowest BCUT2D eigenvalue weighted by Gasteiger charge is -2.23. The zero-order valence-corrected chi connectivity index (χ0v) is 23.2. The molecule has 0 aliphatic heterocycles. The van der Waals surface area contributed by atoms with Crippen molar-refractivity contribution in [3.8, 4) is 0 Å². The normalized spacial score (nSPS) is 11.7. The lowest BCUT2D eigenvalue weighted by Crippen LogP contribution is -2.14. The summed E-state index contributed by atoms with van der Waals surface area (Å²) in [5.74, 6) is -0.594. The van der Waals surface area contributed by atoms with E-state index in [1.54, 1.807) is 0 Å². The lowest BCUT2D eigenvalue weighted by molar-refractivity contribution is 0.0600. The maximum atomic E-state index is 13.3. The number of fused-ring (bicyclic) bond motifs is 1. The maximum Gasteiger partial charge on any atom is 0.337 e. The van der Waals surface area contributed by atoms with E-state index in [9.17, 15) is 13.2 Å². The summed E-state index contributed by atoms with van der Waals surface area (Å²) < 4.78 is 33.6. The molecule has 4 aromatic carbocycles. The Bertz CT molecular complexity index is 1690. The van der Waals surface area contributed by atoms with Crippen molar-refractivity contribution in [3.63, 3.8) is 0 Å². The van der Waals surface area contributed by atoms with Crippen molar-refractivity contribution in [2.75, 3.05) is 12.9 Å². The third-order valence-electron chi connectivity index (χ3n) is 7.09. The summed E-state index contributed by atoms with van der Waals surface area (Å²) >= 11 is 6.44. The van der Waals surface area contributed by atoms with Crippen LogP contribution in [0.2, 0.25) is 5.02 Å². The molecule has 0 atom stereocenters. The van der Waals surface area contributed by atoms with Crippen molar-refractivity contribution in [1.29, 1.82) is 0 Å². The van der Waals surface area contributed by atoms with Gasteiger partial charge in [-0.05, 0) is 72.5 Å². The summed E-state index contributed by atoms with van der Waals surface area (Å²) in [7, 11) is -2.32. The van der Waals surface area contributed by atoms with Crippen LogP contribution in [0.1, 0.15) is 38.8 Å². The van der Waals surface area contributed by atoms with Gasteiger partial charge in [0.1, 0.15) is 0 Å². The van der Waals surface area contributed by atoms with E-state index in [1.807, 2.05) is 61.5 Å². The number of halogens is 1. The number of sulfone groups is 1. The van der Waals surface area contributed by atoms with Gasteiger partial charge in [0.2, 0.25) is 0 Å². The number of benzene rings is 4. The SMILES string of the molecule is COC(=O)c1ccc(S(=O)(=O)CCc2c(C)n(C(c3ccccc3)c3ccccc3)c3ccc(Cl)cc23)cc1. The van der Waals surface area contributed by atoms with E-state index in [0.29, 0.717) is 17.0 Å². The third-order valence-corrected chi connectivity index (χ3v) is 9.05. The van der Waals surface area contributed by atoms with Gasteiger partial charge in [-0.15, -0.1) is 0 Å². The van der Waals surface area contributed by atoms with Crippen LogP contribution in [0.3, 0.4) is 0 Å². The summed E-state index contributed by atoms with van der Waals surface area (Å²) in [6, 6.07) is 32.1. The number of aryl methyl sites for hydroxylation is 1. The van der Waals surface area contributed by atoms with Crippen LogP contribution >= 0.6 is 11.6 Å². The van der Waals surface area contributed by atoms with Crippen molar-refractivity contribution in [3.05, 3.63) is 136 Å². The average Bonchev–Trinajstić information content (AvgIpc) is 3.23. The number of methoxy groups -OCH3 is 1. The number of hydrogen-bond donors (Lipinski definition) is 0. The van der Waals surface area contributed by atoms with Gasteiger partial charge in [0.15, 0.2) is 9.84 Å². The summed E-state index contributed by atoms with van der Waals surface area (Å²) in [5, 5.41) is 1.53. The highest BCUT2D eigenvalue weighted by molar-refractivity contribution is 7.91. The molecular formula is C32H28ClNO4S. The summed E-state index contributed by atoms with van der Waals surface area (Å²) in [5.41, 5.74) is 5.48. The fraction of sp³-hybridized carbons (Fsp3) is 0.156. The van der Waals surface area contributed by atoms with Crippen LogP contribution in [0.4, 0.5) is 0 Å². The molecular weight excluding hydrogens is 530 g/mol. The fourth-order valence-electron chi connectivity index (χ4n) is 5.16. The average molecular weight is 558 g/mol. The maximum absolute atomic E-state index is 13.3. The highest BCUT2D eigenvalue weighted by atomic mass is 35.5. The molecule has 5 nitrogen and oxygen atoms in total. The minimum atomic E-state index is -3.61. The Kier molecular flexibility index (Phi) is 7.60. The van der Waals surface area contributed by atoms with E-state index in [4.69, 9.17) is 16.3 Å². The molecule has 0 saturated heterocycles. The fourth-order valence-corrected chi connectivity index (χ4v) is 6.59. The van der Waals surface area contributed by atoms with Crippen molar-refractivity contribution in [2.45, 2.75) is 24.3 Å². The molecule has 0 saturated carbocycles. The second-order valence-corrected chi connectivity index (χ2v) is 11.9. The largest absolute Gasteiger partial charge is 0.465 e. The Labute approximate surface area is 233 Å². The van der Waals surface area contributed by atoms with Crippen LogP contribution in [0.25, 0.3) is 10.9 Å². The molecule has 1 aromatic heterocycles. The van der Waals surface area contributed by atoms with Crippen LogP contribution in [0.15, 0.2) is 108 Å². The zero-order chi connectivity index (χ0) is 27.6. The molecule has 0 aliphatic carbocycles. The van der Waals surface area contributed by atoms with Crippen LogP contribution in [-0.4, -0.2) is 31.8 Å². The molecule has 1 heterocycles. The van der Waals surface area contributed by atoms with Gasteiger partial charge in [-0.3, -0.25) is 0 Å². The monoisotopic (exact) mass is 557 g/mol. The Balaban J connectivity index is 1.58. The first kappa shape index (κ1) is 26.7. The Morgan fingerprint density at radius 1 is 0.872 bits per heavy atom. The van der Waals surface area contributed by atoms with Gasteiger partial charge >= 0.3 is 5.97 Å². The van der Waals surface area contributed by atoms with Crippen LogP contribution in [-0.2, 0) is 21.0 Å². The molecule has 39 heavy (non-hydrogen) atoms. The highest BCUT2D eigenvalue weighted by Crippen LogP contribution is 2.37. The standard InChI is InChI=1S/C32H28ClNO4S/c1-22-28(19-20-39(36,37)27-16-13-25(14-17-27)32(35)38-2)29-21-26(33)15-18-30(29)34(22)31(23-9-5-3-6-10-23)24-11-7-4-8-12-24/h3-18,21,31H,19-20H2,1-2H3. The van der Waals surface area contributed by atoms with Gasteiger partial charge in [-0.1, -0.05) is 72.3 Å². The molecule has 0 bridgehead atoms. The smallest absolute Gasteiger partial charge is 0.337 e. The second-order valence-electron chi connectivity index (χ2n) is 9.40. The minimum Gasteiger partial charge on any atom is -0.465 e. The molecule has 198 valence electrons. The number of rotatable bonds is 8. The Morgan fingerprint density at radius 2 is 1.46 bits per heavy atom. The summed E-state index contributed by atoms with van der Waals surface area (Å²) in [6.45, 7) is 2.04. The Morgan fingerprint density at radius 3 is 2.03 bits per heavy atom. The topological polar surface area (TPSA) is 65.4 Å². The first-order valence-electron chi connectivity index (χ1n) is 12.6. The van der Waals surface area contributed by atoms with Crippen molar-refractivity contribution < 1.29 is 17.9 Å². The Hall–Kier alpha value is -3.87. The molecule has 0 aliphatic rings. The van der Waals surface area contributed by atoms with Gasteiger partial charge in [-0.2, -0.15) is 0 Å². The van der Waals surface area contributed by atoms with E-state index < -0.39 is 15.8 Å². The molecule has 0 unspecified atom stereocenters. The molecule has 7 heteroatoms. The van der Waals surface area contributed by atoms with Crippen LogP contribution in [0.5, 0.6) is 0 Å². The first-order chi connectivity index (χ1) is 18.8. The number of hydrogen-bond acceptors (Lipinski definition) is 4. The zero-order valence-electron chi connectivity index (χ0n) is 21.7. The van der Waals surface area contributed by atoms with Crippen molar-refractivity contribution >= 4 is 38.3 Å². The van der Waals surface area contributed by atoms with Gasteiger partial charge in [0.25, 0.3) is 0 Å². The lowest BCUT2D eigenvalue weighted by atomic mass is 9.98. The predicted octanol–water partition coefficient (Wildman–Crippen LogP) is 7.04. The molecule has 5 aromatic rings. The highest BCUT2D eigenvalue weighted by Gasteiger charge is 2.25. The molecule has 0 radical (unpaired) electrons. The number of carbonyl (C=O) groups is 1. The third kappa shape index (κ3) is 5.35. The number of esters is 1. The number of ether oxygens (including phenoxy) is 1. The van der Waals surface area contributed by atoms with E-state index in [1.165, 1.54) is 31.4 Å². The van der Waals surface area contributed by atoms with Gasteiger partial charge in [-0.25, -0.2) is 13.2 Å². The van der Waals surface area contributed by atoms with Crippen molar-refractivity contribution in [1.82, 2.24) is 4.57 Å². The van der Waals surface area contributed by atoms with E-state index in [-0.39, 0.29) is 16.7 Å². The van der Waals surface area contributed by atoms with Crippen molar-refractivity contribution in [2.24, 2.45) is 0 Å². The first-order valence-corrected chi connectivity index (χ1v) is 14.6. The molecule has 0 N–H and O–H groups in total. The molecule has 0 fully saturated rings. The van der Waals surface area contributed by atoms with Gasteiger partial charge < -0.3 is 9.30 Å². The number of aromatic nitrogens is 1.